The van der Waals surface area contributed by atoms with Gasteiger partial charge in [0.1, 0.15) is 12.6 Å². The van der Waals surface area contributed by atoms with Gasteiger partial charge in [0.2, 0.25) is 5.91 Å². The zero-order valence-electron chi connectivity index (χ0n) is 12.0. The number of carboxylic acids is 1. The third-order valence-electron chi connectivity index (χ3n) is 2.89. The van der Waals surface area contributed by atoms with Gasteiger partial charge < -0.3 is 15.2 Å². The number of nitrogens with one attached hydrogen (secondary N) is 1. The van der Waals surface area contributed by atoms with Crippen LogP contribution in [0.1, 0.15) is 25.8 Å². The van der Waals surface area contributed by atoms with E-state index in [4.69, 9.17) is 9.84 Å². The van der Waals surface area contributed by atoms with Gasteiger partial charge in [-0.15, -0.1) is 0 Å². The molecule has 0 fully saturated rings. The number of carbonyl (C=O) groups is 3. The van der Waals surface area contributed by atoms with Crippen LogP contribution in [0.4, 0.5) is 0 Å². The predicted molar refractivity (Wildman–Crippen MR) is 75.3 cm³/mol. The molecule has 0 saturated carbocycles. The largest absolute Gasteiger partial charge is 0.480 e. The summed E-state index contributed by atoms with van der Waals surface area (Å²) < 4.78 is 5.07. The molecule has 0 saturated heterocycles. The lowest BCUT2D eigenvalue weighted by Gasteiger charge is -2.14. The van der Waals surface area contributed by atoms with E-state index in [9.17, 15) is 14.4 Å². The maximum Gasteiger partial charge on any atom is 0.325 e. The molecule has 2 N–H and O–H groups in total. The second kappa shape index (κ2) is 8.04. The van der Waals surface area contributed by atoms with E-state index in [0.29, 0.717) is 0 Å². The highest BCUT2D eigenvalue weighted by molar-refractivity contribution is 5.87. The minimum Gasteiger partial charge on any atom is -0.480 e. The van der Waals surface area contributed by atoms with Gasteiger partial charge in [-0.2, -0.15) is 0 Å². The molecule has 6 heteroatoms. The second-order valence-electron chi connectivity index (χ2n) is 4.82. The molecule has 1 amide bonds. The maximum atomic E-state index is 11.7. The first-order chi connectivity index (χ1) is 9.90. The molecule has 0 radical (unpaired) electrons. The monoisotopic (exact) mass is 293 g/mol. The summed E-state index contributed by atoms with van der Waals surface area (Å²) in [4.78, 5) is 34.0. The normalized spacial score (nSPS) is 13.0. The van der Waals surface area contributed by atoms with Gasteiger partial charge >= 0.3 is 11.9 Å². The fourth-order valence-corrected chi connectivity index (χ4v) is 1.56. The first-order valence-electron chi connectivity index (χ1n) is 6.63. The van der Waals surface area contributed by atoms with Crippen LogP contribution in [0.2, 0.25) is 0 Å². The summed E-state index contributed by atoms with van der Waals surface area (Å²) in [6.07, 6.45) is -0.0923. The summed E-state index contributed by atoms with van der Waals surface area (Å²) >= 11 is 0. The van der Waals surface area contributed by atoms with Gasteiger partial charge in [0.15, 0.2) is 0 Å². The number of rotatable bonds is 7. The molecular weight excluding hydrogens is 274 g/mol. The Morgan fingerprint density at radius 1 is 1.19 bits per heavy atom. The van der Waals surface area contributed by atoms with Crippen LogP contribution in [0.3, 0.4) is 0 Å². The van der Waals surface area contributed by atoms with Crippen molar-refractivity contribution in [2.45, 2.75) is 32.9 Å². The molecule has 2 atom stereocenters. The molecule has 0 heterocycles. The fraction of sp³-hybridized carbons (Fsp3) is 0.400. The van der Waals surface area contributed by atoms with Crippen LogP contribution in [0.25, 0.3) is 0 Å². The minimum atomic E-state index is -1.12. The molecular formula is C15H19NO5. The minimum absolute atomic E-state index is 0.0923. The van der Waals surface area contributed by atoms with Crippen molar-refractivity contribution in [1.29, 1.82) is 0 Å². The molecule has 6 nitrogen and oxygen atoms in total. The van der Waals surface area contributed by atoms with Gasteiger partial charge in [0.05, 0.1) is 6.42 Å². The van der Waals surface area contributed by atoms with E-state index in [1.165, 1.54) is 6.92 Å². The predicted octanol–water partition coefficient (Wildman–Crippen LogP) is 1.35. The van der Waals surface area contributed by atoms with E-state index in [1.807, 2.05) is 30.3 Å². The fourth-order valence-electron chi connectivity index (χ4n) is 1.56. The molecule has 0 bridgehead atoms. The SMILES string of the molecule is C[C@H](CC(=O)OCc1ccccc1)C(=O)N[C@H](C)C(=O)O. The van der Waals surface area contributed by atoms with E-state index in [0.717, 1.165) is 5.56 Å². The molecule has 114 valence electrons. The molecule has 1 aromatic carbocycles. The van der Waals surface area contributed by atoms with Crippen LogP contribution in [0.15, 0.2) is 30.3 Å². The summed E-state index contributed by atoms with van der Waals surface area (Å²) in [7, 11) is 0. The molecule has 0 spiro atoms. The van der Waals surface area contributed by atoms with E-state index in [1.54, 1.807) is 6.92 Å². The summed E-state index contributed by atoms with van der Waals surface area (Å²) in [6.45, 7) is 3.06. The van der Waals surface area contributed by atoms with Crippen molar-refractivity contribution >= 4 is 17.8 Å². The molecule has 0 unspecified atom stereocenters. The van der Waals surface area contributed by atoms with E-state index < -0.39 is 29.8 Å². The van der Waals surface area contributed by atoms with Crippen LogP contribution >= 0.6 is 0 Å². The number of hydrogen-bond donors (Lipinski definition) is 2. The van der Waals surface area contributed by atoms with Crippen molar-refractivity contribution in [3.8, 4) is 0 Å². The highest BCUT2D eigenvalue weighted by atomic mass is 16.5. The molecule has 0 aliphatic carbocycles. The Kier molecular flexibility index (Phi) is 6.39. The van der Waals surface area contributed by atoms with Crippen molar-refractivity contribution in [2.24, 2.45) is 5.92 Å². The average molecular weight is 293 g/mol. The maximum absolute atomic E-state index is 11.7. The first kappa shape index (κ1) is 16.7. The van der Waals surface area contributed by atoms with Gasteiger partial charge in [-0.1, -0.05) is 37.3 Å². The number of benzene rings is 1. The number of hydrogen-bond acceptors (Lipinski definition) is 4. The summed E-state index contributed by atoms with van der Waals surface area (Å²) in [6, 6.07) is 8.22. The van der Waals surface area contributed by atoms with Crippen molar-refractivity contribution in [1.82, 2.24) is 5.32 Å². The third-order valence-corrected chi connectivity index (χ3v) is 2.89. The lowest BCUT2D eigenvalue weighted by Crippen LogP contribution is -2.41. The van der Waals surface area contributed by atoms with Gasteiger partial charge in [-0.3, -0.25) is 14.4 Å². The lowest BCUT2D eigenvalue weighted by atomic mass is 10.1. The number of carbonyl (C=O) groups excluding carboxylic acids is 2. The van der Waals surface area contributed by atoms with Gasteiger partial charge in [0, 0.05) is 5.92 Å². The second-order valence-corrected chi connectivity index (χ2v) is 4.82. The Bertz CT molecular complexity index is 500. The van der Waals surface area contributed by atoms with Crippen molar-refractivity contribution in [3.63, 3.8) is 0 Å². The van der Waals surface area contributed by atoms with E-state index in [-0.39, 0.29) is 13.0 Å². The Balaban J connectivity index is 2.36. The van der Waals surface area contributed by atoms with Crippen LogP contribution in [-0.4, -0.2) is 29.0 Å². The first-order valence-corrected chi connectivity index (χ1v) is 6.63. The summed E-state index contributed by atoms with van der Waals surface area (Å²) in [5.74, 6) is -2.75. The standard InChI is InChI=1S/C15H19NO5/c1-10(14(18)16-11(2)15(19)20)8-13(17)21-9-12-6-4-3-5-7-12/h3-7,10-11H,8-9H2,1-2H3,(H,16,18)(H,19,20)/t10-,11-/m1/s1. The zero-order chi connectivity index (χ0) is 15.8. The Labute approximate surface area is 123 Å². The van der Waals surface area contributed by atoms with E-state index in [2.05, 4.69) is 5.32 Å². The number of aliphatic carboxylic acids is 1. The highest BCUT2D eigenvalue weighted by Crippen LogP contribution is 2.07. The molecule has 1 rings (SSSR count). The van der Waals surface area contributed by atoms with Crippen LogP contribution in [-0.2, 0) is 25.7 Å². The van der Waals surface area contributed by atoms with Crippen LogP contribution in [0, 0.1) is 5.92 Å². The third kappa shape index (κ3) is 6.07. The zero-order valence-corrected chi connectivity index (χ0v) is 12.0. The van der Waals surface area contributed by atoms with Crippen LogP contribution in [0.5, 0.6) is 0 Å². The quantitative estimate of drug-likeness (QED) is 0.740. The Morgan fingerprint density at radius 3 is 2.38 bits per heavy atom. The molecule has 21 heavy (non-hydrogen) atoms. The van der Waals surface area contributed by atoms with Crippen molar-refractivity contribution < 1.29 is 24.2 Å². The van der Waals surface area contributed by atoms with Crippen LogP contribution < -0.4 is 5.32 Å². The van der Waals surface area contributed by atoms with E-state index >= 15 is 0 Å². The average Bonchev–Trinajstić information content (AvgIpc) is 2.45. The number of carboxylic acid groups (broad SMARTS) is 1. The smallest absolute Gasteiger partial charge is 0.325 e. The molecule has 1 aromatic rings. The number of ether oxygens (including phenoxy) is 1. The van der Waals surface area contributed by atoms with Gasteiger partial charge in [-0.25, -0.2) is 0 Å². The highest BCUT2D eigenvalue weighted by Gasteiger charge is 2.21. The Morgan fingerprint density at radius 2 is 1.81 bits per heavy atom. The van der Waals surface area contributed by atoms with Gasteiger partial charge in [0.25, 0.3) is 0 Å². The summed E-state index contributed by atoms with van der Waals surface area (Å²) in [5, 5.41) is 11.0. The van der Waals surface area contributed by atoms with Gasteiger partial charge in [-0.05, 0) is 12.5 Å². The van der Waals surface area contributed by atoms with Crippen molar-refractivity contribution in [3.05, 3.63) is 35.9 Å². The molecule has 0 aromatic heterocycles. The topological polar surface area (TPSA) is 92.7 Å². The lowest BCUT2D eigenvalue weighted by molar-refractivity contribution is -0.148. The number of esters is 1. The molecule has 0 aliphatic rings. The number of amides is 1. The molecule has 0 aliphatic heterocycles. The summed E-state index contributed by atoms with van der Waals surface area (Å²) in [5.41, 5.74) is 0.863. The Hall–Kier alpha value is -2.37. The van der Waals surface area contributed by atoms with Crippen molar-refractivity contribution in [2.75, 3.05) is 0 Å².